The molecule has 0 atom stereocenters. The molecule has 192 valence electrons. The molecule has 0 amide bonds. The number of ether oxygens (including phenoxy) is 2. The second-order valence-corrected chi connectivity index (χ2v) is 10.2. The molecule has 2 heterocycles. The smallest absolute Gasteiger partial charge is 0.276 e. The van der Waals surface area contributed by atoms with Gasteiger partial charge in [-0.25, -0.2) is 9.97 Å². The summed E-state index contributed by atoms with van der Waals surface area (Å²) in [5.74, 6) is 1.57. The molecule has 0 spiro atoms. The quantitative estimate of drug-likeness (QED) is 0.304. The van der Waals surface area contributed by atoms with Crippen LogP contribution in [-0.4, -0.2) is 31.7 Å². The summed E-state index contributed by atoms with van der Waals surface area (Å²) in [5.41, 5.74) is 1.88. The number of methoxy groups -OCH3 is 1. The lowest BCUT2D eigenvalue weighted by atomic mass is 10.0. The second kappa shape index (κ2) is 10.6. The Morgan fingerprint density at radius 3 is 2.59 bits per heavy atom. The first-order chi connectivity index (χ1) is 17.5. The van der Waals surface area contributed by atoms with Crippen LogP contribution in [0.1, 0.15) is 36.6 Å². The molecular weight excluding hydrogens is 560 g/mol. The van der Waals surface area contributed by atoms with Gasteiger partial charge in [0.15, 0.2) is 5.82 Å². The van der Waals surface area contributed by atoms with E-state index in [-0.39, 0.29) is 22.5 Å². The average Bonchev–Trinajstić information content (AvgIpc) is 2.86. The van der Waals surface area contributed by atoms with Crippen molar-refractivity contribution < 1.29 is 14.6 Å². The van der Waals surface area contributed by atoms with Gasteiger partial charge in [0.1, 0.15) is 28.3 Å². The van der Waals surface area contributed by atoms with Crippen LogP contribution in [-0.2, 0) is 12.2 Å². The zero-order chi connectivity index (χ0) is 26.9. The third-order valence-corrected chi connectivity index (χ3v) is 6.65. The lowest BCUT2D eigenvalue weighted by molar-refractivity contribution is 0.0688. The summed E-state index contributed by atoms with van der Waals surface area (Å²) in [7, 11) is 1.60. The third-order valence-electron chi connectivity index (χ3n) is 5.65. The van der Waals surface area contributed by atoms with Gasteiger partial charge >= 0.3 is 0 Å². The van der Waals surface area contributed by atoms with Crippen molar-refractivity contribution in [3.05, 3.63) is 91.3 Å². The largest absolute Gasteiger partial charge is 0.497 e. The Morgan fingerprint density at radius 2 is 1.89 bits per heavy atom. The highest BCUT2D eigenvalue weighted by molar-refractivity contribution is 9.10. The van der Waals surface area contributed by atoms with E-state index in [0.717, 1.165) is 11.1 Å². The van der Waals surface area contributed by atoms with Gasteiger partial charge < -0.3 is 14.6 Å². The van der Waals surface area contributed by atoms with Crippen LogP contribution in [0.2, 0.25) is 5.02 Å². The van der Waals surface area contributed by atoms with E-state index in [0.29, 0.717) is 39.4 Å². The van der Waals surface area contributed by atoms with Crippen molar-refractivity contribution in [2.24, 2.45) is 0 Å². The maximum absolute atomic E-state index is 13.4. The standard InChI is InChI=1S/C27H26BrClN4O4/c1-15-13-30-26(27(3,4)35)32-23(15)18-9-10-20(29)21(12-18)33-16(2)31-24(22(28)25(33)34)37-14-17-7-6-8-19(11-17)36-5/h6-13,35H,14H2,1-5H3. The molecule has 37 heavy (non-hydrogen) atoms. The minimum atomic E-state index is -1.21. The molecule has 4 aromatic rings. The van der Waals surface area contributed by atoms with Crippen LogP contribution in [0.25, 0.3) is 16.9 Å². The molecule has 0 unspecified atom stereocenters. The van der Waals surface area contributed by atoms with Gasteiger partial charge in [-0.05, 0) is 79.0 Å². The van der Waals surface area contributed by atoms with Crippen LogP contribution in [0.4, 0.5) is 0 Å². The summed E-state index contributed by atoms with van der Waals surface area (Å²) in [6.07, 6.45) is 1.66. The predicted molar refractivity (Wildman–Crippen MR) is 146 cm³/mol. The number of nitrogens with zero attached hydrogens (tertiary/aromatic N) is 4. The molecule has 2 aromatic heterocycles. The van der Waals surface area contributed by atoms with Gasteiger partial charge in [-0.15, -0.1) is 0 Å². The highest BCUT2D eigenvalue weighted by Crippen LogP contribution is 2.31. The van der Waals surface area contributed by atoms with Crippen molar-refractivity contribution in [2.75, 3.05) is 7.11 Å². The van der Waals surface area contributed by atoms with Crippen molar-refractivity contribution in [3.8, 4) is 28.6 Å². The van der Waals surface area contributed by atoms with E-state index in [1.807, 2.05) is 37.3 Å². The topological polar surface area (TPSA) is 99.4 Å². The zero-order valence-corrected chi connectivity index (χ0v) is 23.4. The summed E-state index contributed by atoms with van der Waals surface area (Å²) in [5, 5.41) is 10.7. The van der Waals surface area contributed by atoms with Crippen molar-refractivity contribution in [3.63, 3.8) is 0 Å². The van der Waals surface area contributed by atoms with E-state index < -0.39 is 5.60 Å². The maximum atomic E-state index is 13.4. The Hall–Kier alpha value is -3.27. The van der Waals surface area contributed by atoms with Gasteiger partial charge in [0.2, 0.25) is 5.88 Å². The Labute approximate surface area is 228 Å². The Bertz CT molecular complexity index is 1530. The number of benzene rings is 2. The fourth-order valence-electron chi connectivity index (χ4n) is 3.74. The summed E-state index contributed by atoms with van der Waals surface area (Å²) < 4.78 is 12.7. The second-order valence-electron chi connectivity index (χ2n) is 9.01. The monoisotopic (exact) mass is 584 g/mol. The first kappa shape index (κ1) is 26.8. The zero-order valence-electron chi connectivity index (χ0n) is 21.0. The number of rotatable bonds is 7. The van der Waals surface area contributed by atoms with Crippen molar-refractivity contribution in [1.82, 2.24) is 19.5 Å². The summed E-state index contributed by atoms with van der Waals surface area (Å²) >= 11 is 9.91. The molecule has 10 heteroatoms. The number of hydrogen-bond donors (Lipinski definition) is 1. The molecular formula is C27H26BrClN4O4. The van der Waals surface area contributed by atoms with Gasteiger partial charge in [-0.2, -0.15) is 4.98 Å². The van der Waals surface area contributed by atoms with Crippen molar-refractivity contribution >= 4 is 27.5 Å². The lowest BCUT2D eigenvalue weighted by Gasteiger charge is -2.18. The highest BCUT2D eigenvalue weighted by atomic mass is 79.9. The van der Waals surface area contributed by atoms with Gasteiger partial charge in [0.05, 0.1) is 23.5 Å². The van der Waals surface area contributed by atoms with Crippen LogP contribution in [0.5, 0.6) is 11.6 Å². The first-order valence-corrected chi connectivity index (χ1v) is 12.6. The van der Waals surface area contributed by atoms with Gasteiger partial charge in [-0.1, -0.05) is 29.8 Å². The number of hydrogen-bond acceptors (Lipinski definition) is 7. The lowest BCUT2D eigenvalue weighted by Crippen LogP contribution is -2.24. The SMILES string of the molecule is COc1cccc(COc2nc(C)n(-c3cc(-c4nc(C(C)(C)O)ncc4C)ccc3Cl)c(=O)c2Br)c1. The molecule has 0 aliphatic carbocycles. The Balaban J connectivity index is 1.73. The molecule has 0 fully saturated rings. The molecule has 0 aliphatic rings. The highest BCUT2D eigenvalue weighted by Gasteiger charge is 2.22. The van der Waals surface area contributed by atoms with Gasteiger partial charge in [-0.3, -0.25) is 9.36 Å². The molecule has 0 saturated carbocycles. The van der Waals surface area contributed by atoms with E-state index >= 15 is 0 Å². The van der Waals surface area contributed by atoms with Crippen molar-refractivity contribution in [2.45, 2.75) is 39.9 Å². The minimum Gasteiger partial charge on any atom is -0.497 e. The summed E-state index contributed by atoms with van der Waals surface area (Å²) in [6.45, 7) is 7.04. The third kappa shape index (κ3) is 5.69. The Kier molecular flexibility index (Phi) is 7.68. The van der Waals surface area contributed by atoms with Gasteiger partial charge in [0, 0.05) is 11.8 Å². The number of halogens is 2. The summed E-state index contributed by atoms with van der Waals surface area (Å²) in [4.78, 5) is 26.8. The minimum absolute atomic E-state index is 0.171. The number of aromatic nitrogens is 4. The predicted octanol–water partition coefficient (Wildman–Crippen LogP) is 5.54. The molecule has 1 N–H and O–H groups in total. The average molecular weight is 586 g/mol. The van der Waals surface area contributed by atoms with Gasteiger partial charge in [0.25, 0.3) is 5.56 Å². The van der Waals surface area contributed by atoms with E-state index in [1.54, 1.807) is 46.2 Å². The molecule has 2 aromatic carbocycles. The maximum Gasteiger partial charge on any atom is 0.276 e. The summed E-state index contributed by atoms with van der Waals surface area (Å²) in [6, 6.07) is 12.7. The molecule has 0 bridgehead atoms. The van der Waals surface area contributed by atoms with Crippen LogP contribution in [0, 0.1) is 13.8 Å². The molecule has 4 rings (SSSR count). The molecule has 0 aliphatic heterocycles. The molecule has 8 nitrogen and oxygen atoms in total. The molecule has 0 saturated heterocycles. The van der Waals surface area contributed by atoms with Crippen LogP contribution in [0.15, 0.2) is 57.9 Å². The Morgan fingerprint density at radius 1 is 1.14 bits per heavy atom. The van der Waals surface area contributed by atoms with E-state index in [1.165, 1.54) is 4.57 Å². The number of aliphatic hydroxyl groups is 1. The van der Waals surface area contributed by atoms with Crippen LogP contribution >= 0.6 is 27.5 Å². The first-order valence-electron chi connectivity index (χ1n) is 11.4. The normalized spacial score (nSPS) is 11.5. The van der Waals surface area contributed by atoms with E-state index in [2.05, 4.69) is 30.9 Å². The van der Waals surface area contributed by atoms with Crippen molar-refractivity contribution in [1.29, 1.82) is 0 Å². The van der Waals surface area contributed by atoms with E-state index in [9.17, 15) is 9.90 Å². The van der Waals surface area contributed by atoms with Crippen LogP contribution in [0.3, 0.4) is 0 Å². The van der Waals surface area contributed by atoms with E-state index in [4.69, 9.17) is 21.1 Å². The molecule has 0 radical (unpaired) electrons. The fourth-order valence-corrected chi connectivity index (χ4v) is 4.32. The van der Waals surface area contributed by atoms with Crippen LogP contribution < -0.4 is 15.0 Å². The fraction of sp³-hybridized carbons (Fsp3) is 0.259. The number of aryl methyl sites for hydroxylation is 2.